The second-order valence-electron chi connectivity index (χ2n) is 4.28. The van der Waals surface area contributed by atoms with E-state index in [0.29, 0.717) is 19.7 Å². The molecule has 0 spiro atoms. The van der Waals surface area contributed by atoms with Crippen LogP contribution in [-0.4, -0.2) is 56.0 Å². The zero-order chi connectivity index (χ0) is 10.9. The second-order valence-corrected chi connectivity index (χ2v) is 6.29. The van der Waals surface area contributed by atoms with E-state index in [9.17, 15) is 8.42 Å². The second kappa shape index (κ2) is 4.37. The molecular formula is C9H17NO4S. The van der Waals surface area contributed by atoms with Crippen LogP contribution in [0.3, 0.4) is 0 Å². The molecule has 15 heavy (non-hydrogen) atoms. The van der Waals surface area contributed by atoms with E-state index >= 15 is 0 Å². The zero-order valence-electron chi connectivity index (χ0n) is 8.63. The van der Waals surface area contributed by atoms with Crippen molar-refractivity contribution in [1.82, 2.24) is 4.31 Å². The molecule has 0 aliphatic carbocycles. The first-order chi connectivity index (χ1) is 7.12. The van der Waals surface area contributed by atoms with E-state index in [1.54, 1.807) is 0 Å². The van der Waals surface area contributed by atoms with Crippen LogP contribution in [0, 0.1) is 5.92 Å². The van der Waals surface area contributed by atoms with Crippen LogP contribution in [0.15, 0.2) is 0 Å². The molecule has 0 radical (unpaired) electrons. The van der Waals surface area contributed by atoms with Crippen LogP contribution in [0.5, 0.6) is 0 Å². The Morgan fingerprint density at radius 2 is 2.13 bits per heavy atom. The fraction of sp³-hybridized carbons (Fsp3) is 1.00. The van der Waals surface area contributed by atoms with Crippen molar-refractivity contribution < 1.29 is 18.3 Å². The Kier molecular flexibility index (Phi) is 3.30. The van der Waals surface area contributed by atoms with Gasteiger partial charge < -0.3 is 9.84 Å². The van der Waals surface area contributed by atoms with Gasteiger partial charge in [0.1, 0.15) is 0 Å². The normalized spacial score (nSPS) is 29.3. The number of nitrogens with zero attached hydrogens (tertiary/aromatic N) is 1. The third kappa shape index (κ3) is 2.50. The topological polar surface area (TPSA) is 66.8 Å². The third-order valence-electron chi connectivity index (χ3n) is 3.00. The number of sulfonamides is 1. The lowest BCUT2D eigenvalue weighted by atomic mass is 10.1. The predicted molar refractivity (Wildman–Crippen MR) is 54.9 cm³/mol. The van der Waals surface area contributed by atoms with Gasteiger partial charge in [0.2, 0.25) is 10.0 Å². The molecular weight excluding hydrogens is 218 g/mol. The fourth-order valence-corrected chi connectivity index (χ4v) is 3.80. The average molecular weight is 235 g/mol. The first kappa shape index (κ1) is 11.3. The number of ether oxygens (including phenoxy) is 1. The van der Waals surface area contributed by atoms with Crippen LogP contribution in [0.25, 0.3) is 0 Å². The summed E-state index contributed by atoms with van der Waals surface area (Å²) in [5, 5.41) is 8.81. The molecule has 88 valence electrons. The highest BCUT2D eigenvalue weighted by Crippen LogP contribution is 2.22. The van der Waals surface area contributed by atoms with Gasteiger partial charge in [0.15, 0.2) is 0 Å². The van der Waals surface area contributed by atoms with Gasteiger partial charge in [-0.05, 0) is 12.8 Å². The molecule has 0 aromatic carbocycles. The Labute approximate surface area is 90.1 Å². The average Bonchev–Trinajstić information content (AvgIpc) is 2.53. The monoisotopic (exact) mass is 235 g/mol. The van der Waals surface area contributed by atoms with Crippen molar-refractivity contribution in [3.63, 3.8) is 0 Å². The van der Waals surface area contributed by atoms with Crippen LogP contribution in [0.1, 0.15) is 12.8 Å². The number of rotatable bonds is 4. The molecule has 0 aromatic rings. The van der Waals surface area contributed by atoms with E-state index < -0.39 is 10.0 Å². The molecule has 1 atom stereocenters. The van der Waals surface area contributed by atoms with E-state index in [1.165, 1.54) is 4.31 Å². The maximum atomic E-state index is 11.8. The summed E-state index contributed by atoms with van der Waals surface area (Å²) in [6.45, 7) is 1.68. The number of hydrogen-bond donors (Lipinski definition) is 1. The Morgan fingerprint density at radius 3 is 2.67 bits per heavy atom. The lowest BCUT2D eigenvalue weighted by Crippen LogP contribution is -2.52. The van der Waals surface area contributed by atoms with Crippen molar-refractivity contribution in [2.45, 2.75) is 18.9 Å². The summed E-state index contributed by atoms with van der Waals surface area (Å²) in [6, 6.07) is 0. The Bertz CT molecular complexity index is 304. The quantitative estimate of drug-likeness (QED) is 0.708. The van der Waals surface area contributed by atoms with Gasteiger partial charge in [-0.2, -0.15) is 0 Å². The van der Waals surface area contributed by atoms with Gasteiger partial charge in [0.25, 0.3) is 0 Å². The van der Waals surface area contributed by atoms with Gasteiger partial charge in [0.05, 0.1) is 11.9 Å². The van der Waals surface area contributed by atoms with Crippen molar-refractivity contribution >= 4 is 10.0 Å². The molecule has 1 N–H and O–H groups in total. The van der Waals surface area contributed by atoms with Gasteiger partial charge in [0, 0.05) is 32.2 Å². The molecule has 0 aromatic heterocycles. The fourth-order valence-electron chi connectivity index (χ4n) is 1.98. The predicted octanol–water partition coefficient (Wildman–Crippen LogP) is -0.581. The molecule has 2 heterocycles. The van der Waals surface area contributed by atoms with Crippen LogP contribution >= 0.6 is 0 Å². The van der Waals surface area contributed by atoms with Crippen LogP contribution < -0.4 is 0 Å². The van der Waals surface area contributed by atoms with Crippen molar-refractivity contribution in [3.8, 4) is 0 Å². The van der Waals surface area contributed by atoms with E-state index in [1.807, 2.05) is 0 Å². The Morgan fingerprint density at radius 1 is 1.40 bits per heavy atom. The van der Waals surface area contributed by atoms with Crippen LogP contribution in [-0.2, 0) is 14.8 Å². The first-order valence-electron chi connectivity index (χ1n) is 5.32. The zero-order valence-corrected chi connectivity index (χ0v) is 9.45. The van der Waals surface area contributed by atoms with E-state index in [2.05, 4.69) is 0 Å². The minimum absolute atomic E-state index is 0.0753. The van der Waals surface area contributed by atoms with E-state index in [-0.39, 0.29) is 24.4 Å². The van der Waals surface area contributed by atoms with Gasteiger partial charge in [-0.25, -0.2) is 12.7 Å². The highest BCUT2D eigenvalue weighted by molar-refractivity contribution is 7.89. The SMILES string of the molecule is O=S(=O)(CC1CCCO1)N1CC(CO)C1. The van der Waals surface area contributed by atoms with Crippen LogP contribution in [0.4, 0.5) is 0 Å². The highest BCUT2D eigenvalue weighted by Gasteiger charge is 2.37. The van der Waals surface area contributed by atoms with E-state index in [0.717, 1.165) is 12.8 Å². The summed E-state index contributed by atoms with van der Waals surface area (Å²) >= 11 is 0. The lowest BCUT2D eigenvalue weighted by Gasteiger charge is -2.37. The van der Waals surface area contributed by atoms with Crippen LogP contribution in [0.2, 0.25) is 0 Å². The summed E-state index contributed by atoms with van der Waals surface area (Å²) in [7, 11) is -3.15. The molecule has 0 saturated carbocycles. The molecule has 0 amide bonds. The molecule has 1 unspecified atom stereocenters. The van der Waals surface area contributed by atoms with Crippen molar-refractivity contribution in [1.29, 1.82) is 0 Å². The molecule has 6 heteroatoms. The number of hydrogen-bond acceptors (Lipinski definition) is 4. The molecule has 5 nitrogen and oxygen atoms in total. The largest absolute Gasteiger partial charge is 0.396 e. The van der Waals surface area contributed by atoms with Gasteiger partial charge in [-0.1, -0.05) is 0 Å². The molecule has 2 aliphatic rings. The number of aliphatic hydroxyl groups is 1. The first-order valence-corrected chi connectivity index (χ1v) is 6.93. The third-order valence-corrected chi connectivity index (χ3v) is 4.87. The Balaban J connectivity index is 1.85. The summed E-state index contributed by atoms with van der Waals surface area (Å²) < 4.78 is 30.3. The summed E-state index contributed by atoms with van der Waals surface area (Å²) in [6.07, 6.45) is 1.68. The lowest BCUT2D eigenvalue weighted by molar-refractivity contribution is 0.108. The molecule has 2 fully saturated rings. The minimum Gasteiger partial charge on any atom is -0.396 e. The molecule has 0 bridgehead atoms. The summed E-state index contributed by atoms with van der Waals surface area (Å²) in [5.41, 5.74) is 0. The summed E-state index contributed by atoms with van der Waals surface area (Å²) in [5.74, 6) is 0.231. The van der Waals surface area contributed by atoms with Gasteiger partial charge in [-0.3, -0.25) is 0 Å². The standard InChI is InChI=1S/C9H17NO4S/c11-6-8-4-10(5-8)15(12,13)7-9-2-1-3-14-9/h8-9,11H,1-7H2. The minimum atomic E-state index is -3.15. The maximum Gasteiger partial charge on any atom is 0.216 e. The van der Waals surface area contributed by atoms with E-state index in [4.69, 9.17) is 9.84 Å². The van der Waals surface area contributed by atoms with Gasteiger partial charge in [-0.15, -0.1) is 0 Å². The van der Waals surface area contributed by atoms with Crippen molar-refractivity contribution in [3.05, 3.63) is 0 Å². The van der Waals surface area contributed by atoms with Gasteiger partial charge >= 0.3 is 0 Å². The maximum absolute atomic E-state index is 11.8. The molecule has 2 aliphatic heterocycles. The smallest absolute Gasteiger partial charge is 0.216 e. The molecule has 2 saturated heterocycles. The summed E-state index contributed by atoms with van der Waals surface area (Å²) in [4.78, 5) is 0. The number of aliphatic hydroxyl groups excluding tert-OH is 1. The highest BCUT2D eigenvalue weighted by atomic mass is 32.2. The molecule has 2 rings (SSSR count). The van der Waals surface area contributed by atoms with Crippen molar-refractivity contribution in [2.75, 3.05) is 32.1 Å². The van der Waals surface area contributed by atoms with Crippen molar-refractivity contribution in [2.24, 2.45) is 5.92 Å². The Hall–Kier alpha value is -0.170.